The fourth-order valence-corrected chi connectivity index (χ4v) is 5.02. The zero-order valence-corrected chi connectivity index (χ0v) is 16.5. The van der Waals surface area contributed by atoms with Crippen LogP contribution in [0, 0.1) is 0 Å². The van der Waals surface area contributed by atoms with Crippen molar-refractivity contribution < 1.29 is 8.42 Å². The number of aromatic nitrogens is 1. The minimum Gasteiger partial charge on any atom is -0.260 e. The zero-order chi connectivity index (χ0) is 18.4. The van der Waals surface area contributed by atoms with Crippen LogP contribution in [-0.2, 0) is 23.0 Å². The first-order valence-electron chi connectivity index (χ1n) is 8.26. The molecule has 0 saturated heterocycles. The number of hydrogen-bond donors (Lipinski definition) is 0. The Bertz CT molecular complexity index is 948. The quantitative estimate of drug-likeness (QED) is 0.561. The van der Waals surface area contributed by atoms with E-state index in [0.29, 0.717) is 17.4 Å². The van der Waals surface area contributed by atoms with Crippen LogP contribution in [0.2, 0.25) is 0 Å². The molecule has 1 aromatic heterocycles. The van der Waals surface area contributed by atoms with Gasteiger partial charge in [-0.3, -0.25) is 4.98 Å². The van der Waals surface area contributed by atoms with Gasteiger partial charge in [0, 0.05) is 17.2 Å². The summed E-state index contributed by atoms with van der Waals surface area (Å²) in [6.45, 7) is 0.613. The summed E-state index contributed by atoms with van der Waals surface area (Å²) in [5.41, 5.74) is 1.82. The number of pyridine rings is 1. The fourth-order valence-electron chi connectivity index (χ4n) is 2.65. The monoisotopic (exact) mass is 430 g/mol. The number of halogens is 1. The summed E-state index contributed by atoms with van der Waals surface area (Å²) in [4.78, 5) is 4.55. The summed E-state index contributed by atoms with van der Waals surface area (Å²) in [6.07, 6.45) is 2.31. The Labute approximate surface area is 162 Å². The molecule has 6 heteroatoms. The maximum Gasteiger partial charge on any atom is 0.244 e. The lowest BCUT2D eigenvalue weighted by molar-refractivity contribution is 0.405. The highest BCUT2D eigenvalue weighted by molar-refractivity contribution is 9.10. The van der Waals surface area contributed by atoms with Gasteiger partial charge in [-0.15, -0.1) is 0 Å². The van der Waals surface area contributed by atoms with Crippen molar-refractivity contribution >= 4 is 26.0 Å². The van der Waals surface area contributed by atoms with Crippen LogP contribution in [0.3, 0.4) is 0 Å². The first kappa shape index (κ1) is 18.8. The molecule has 26 heavy (non-hydrogen) atoms. The van der Waals surface area contributed by atoms with Gasteiger partial charge < -0.3 is 0 Å². The molecule has 0 radical (unpaired) electrons. The molecular weight excluding hydrogens is 412 g/mol. The van der Waals surface area contributed by atoms with E-state index in [4.69, 9.17) is 0 Å². The molecule has 0 fully saturated rings. The Kier molecular flexibility index (Phi) is 6.19. The summed E-state index contributed by atoms with van der Waals surface area (Å²) < 4.78 is 28.5. The number of benzene rings is 2. The first-order chi connectivity index (χ1) is 12.6. The molecule has 0 bridgehead atoms. The van der Waals surface area contributed by atoms with Crippen molar-refractivity contribution in [2.45, 2.75) is 17.9 Å². The molecule has 0 unspecified atom stereocenters. The van der Waals surface area contributed by atoms with Crippen LogP contribution >= 0.6 is 15.9 Å². The van der Waals surface area contributed by atoms with Crippen molar-refractivity contribution in [2.75, 3.05) is 6.54 Å². The van der Waals surface area contributed by atoms with Gasteiger partial charge >= 0.3 is 0 Å². The maximum atomic E-state index is 13.2. The van der Waals surface area contributed by atoms with E-state index in [1.807, 2.05) is 48.5 Å². The molecular formula is C20H19BrN2O2S. The molecule has 3 aromatic rings. The Hall–Kier alpha value is -2.02. The van der Waals surface area contributed by atoms with Gasteiger partial charge in [-0.1, -0.05) is 48.5 Å². The largest absolute Gasteiger partial charge is 0.260 e. The van der Waals surface area contributed by atoms with Gasteiger partial charge in [0.15, 0.2) is 0 Å². The van der Waals surface area contributed by atoms with Crippen LogP contribution in [0.25, 0.3) is 0 Å². The predicted octanol–water partition coefficient (Wildman–Crippen LogP) is 4.28. The van der Waals surface area contributed by atoms with E-state index in [1.165, 1.54) is 4.31 Å². The van der Waals surface area contributed by atoms with Crippen LogP contribution in [0.1, 0.15) is 11.3 Å². The molecule has 1 heterocycles. The predicted molar refractivity (Wildman–Crippen MR) is 106 cm³/mol. The molecule has 0 aliphatic carbocycles. The van der Waals surface area contributed by atoms with E-state index in [9.17, 15) is 8.42 Å². The molecule has 0 spiro atoms. The summed E-state index contributed by atoms with van der Waals surface area (Å²) >= 11 is 3.36. The van der Waals surface area contributed by atoms with Gasteiger partial charge in [0.25, 0.3) is 0 Å². The highest BCUT2D eigenvalue weighted by Crippen LogP contribution is 2.26. The Morgan fingerprint density at radius 3 is 2.27 bits per heavy atom. The average molecular weight is 431 g/mol. The molecule has 0 amide bonds. The second kappa shape index (κ2) is 8.58. The van der Waals surface area contributed by atoms with Gasteiger partial charge in [-0.25, -0.2) is 8.42 Å². The van der Waals surface area contributed by atoms with Crippen LogP contribution in [0.4, 0.5) is 0 Å². The van der Waals surface area contributed by atoms with Gasteiger partial charge in [0.1, 0.15) is 0 Å². The van der Waals surface area contributed by atoms with Gasteiger partial charge in [0.2, 0.25) is 10.0 Å². The van der Waals surface area contributed by atoms with Crippen LogP contribution < -0.4 is 0 Å². The van der Waals surface area contributed by atoms with E-state index in [1.54, 1.807) is 30.5 Å². The minimum atomic E-state index is -3.65. The summed E-state index contributed by atoms with van der Waals surface area (Å²) in [5.74, 6) is 0. The second-order valence-electron chi connectivity index (χ2n) is 5.83. The molecule has 134 valence electrons. The Morgan fingerprint density at radius 1 is 0.885 bits per heavy atom. The molecule has 0 aliphatic rings. The van der Waals surface area contributed by atoms with E-state index in [-0.39, 0.29) is 11.4 Å². The third-order valence-electron chi connectivity index (χ3n) is 4.01. The summed E-state index contributed by atoms with van der Waals surface area (Å²) in [5, 5.41) is 0. The highest BCUT2D eigenvalue weighted by atomic mass is 79.9. The van der Waals surface area contributed by atoms with E-state index >= 15 is 0 Å². The van der Waals surface area contributed by atoms with Crippen molar-refractivity contribution in [3.8, 4) is 0 Å². The van der Waals surface area contributed by atoms with Crippen molar-refractivity contribution in [2.24, 2.45) is 0 Å². The van der Waals surface area contributed by atoms with E-state index in [2.05, 4.69) is 20.9 Å². The Morgan fingerprint density at radius 2 is 1.58 bits per heavy atom. The van der Waals surface area contributed by atoms with Crippen molar-refractivity contribution in [3.05, 3.63) is 94.7 Å². The van der Waals surface area contributed by atoms with Crippen LogP contribution in [0.5, 0.6) is 0 Å². The molecule has 0 N–H and O–H groups in total. The SMILES string of the molecule is O=S(=O)(c1ccccc1Br)N(CCc1ccccc1)Cc1ccccn1. The number of sulfonamides is 1. The Balaban J connectivity index is 1.90. The van der Waals surface area contributed by atoms with Crippen molar-refractivity contribution in [1.29, 1.82) is 0 Å². The highest BCUT2D eigenvalue weighted by Gasteiger charge is 2.26. The minimum absolute atomic E-state index is 0.233. The number of nitrogens with zero attached hydrogens (tertiary/aromatic N) is 2. The number of rotatable bonds is 7. The molecule has 3 rings (SSSR count). The molecule has 0 aliphatic heterocycles. The summed E-state index contributed by atoms with van der Waals surface area (Å²) in [6, 6.07) is 22.3. The third-order valence-corrected chi connectivity index (χ3v) is 6.87. The topological polar surface area (TPSA) is 50.3 Å². The fraction of sp³-hybridized carbons (Fsp3) is 0.150. The van der Waals surface area contributed by atoms with Gasteiger partial charge in [-0.05, 0) is 52.2 Å². The van der Waals surface area contributed by atoms with Gasteiger partial charge in [-0.2, -0.15) is 4.31 Å². The third kappa shape index (κ3) is 4.58. The number of hydrogen-bond acceptors (Lipinski definition) is 3. The van der Waals surface area contributed by atoms with Crippen LogP contribution in [-0.4, -0.2) is 24.3 Å². The molecule has 0 saturated carbocycles. The standard InChI is InChI=1S/C20H19BrN2O2S/c21-19-11-4-5-12-20(19)26(24,25)23(16-18-10-6-7-14-22-18)15-13-17-8-2-1-3-9-17/h1-12,14H,13,15-16H2. The average Bonchev–Trinajstić information content (AvgIpc) is 2.67. The van der Waals surface area contributed by atoms with Gasteiger partial charge in [0.05, 0.1) is 17.1 Å². The van der Waals surface area contributed by atoms with E-state index in [0.717, 1.165) is 11.3 Å². The van der Waals surface area contributed by atoms with Crippen molar-refractivity contribution in [1.82, 2.24) is 9.29 Å². The lowest BCUT2D eigenvalue weighted by atomic mass is 10.1. The lowest BCUT2D eigenvalue weighted by Gasteiger charge is -2.22. The first-order valence-corrected chi connectivity index (χ1v) is 10.5. The lowest BCUT2D eigenvalue weighted by Crippen LogP contribution is -2.33. The van der Waals surface area contributed by atoms with Crippen LogP contribution in [0.15, 0.2) is 88.4 Å². The second-order valence-corrected chi connectivity index (χ2v) is 8.59. The maximum absolute atomic E-state index is 13.2. The smallest absolute Gasteiger partial charge is 0.244 e. The van der Waals surface area contributed by atoms with E-state index < -0.39 is 10.0 Å². The molecule has 4 nitrogen and oxygen atoms in total. The van der Waals surface area contributed by atoms with Crippen molar-refractivity contribution in [3.63, 3.8) is 0 Å². The zero-order valence-electron chi connectivity index (χ0n) is 14.1. The normalized spacial score (nSPS) is 11.6. The summed E-state index contributed by atoms with van der Waals surface area (Å²) in [7, 11) is -3.65. The molecule has 0 atom stereocenters. The molecule has 2 aromatic carbocycles.